The molecule has 1 aliphatic heterocycles. The molecule has 144 valence electrons. The molecule has 1 amide bonds. The first-order valence-corrected chi connectivity index (χ1v) is 10.3. The lowest BCUT2D eigenvalue weighted by Gasteiger charge is -2.22. The van der Waals surface area contributed by atoms with Crippen molar-refractivity contribution < 1.29 is 9.53 Å². The van der Waals surface area contributed by atoms with E-state index in [2.05, 4.69) is 45.1 Å². The summed E-state index contributed by atoms with van der Waals surface area (Å²) >= 11 is 3.54. The Morgan fingerprint density at radius 3 is 2.59 bits per heavy atom. The normalized spacial score (nSPS) is 15.4. The first kappa shape index (κ1) is 19.9. The van der Waals surface area contributed by atoms with Crippen LogP contribution in [0.2, 0.25) is 0 Å². The standard InChI is InChI=1S/C22H27BrN2O2/c1-27-21-9-6-18(7-10-21)8-11-22(26)25-13-3-12-24(14-15-25)17-19-4-2-5-20(23)16-19/h2,4-7,9-10,16H,3,8,11-15,17H2,1H3. The summed E-state index contributed by atoms with van der Waals surface area (Å²) in [5, 5.41) is 0. The van der Waals surface area contributed by atoms with Crippen LogP contribution in [-0.2, 0) is 17.8 Å². The average Bonchev–Trinajstić information content (AvgIpc) is 2.92. The molecule has 0 N–H and O–H groups in total. The number of benzene rings is 2. The zero-order valence-electron chi connectivity index (χ0n) is 15.9. The van der Waals surface area contributed by atoms with E-state index in [1.807, 2.05) is 29.2 Å². The summed E-state index contributed by atoms with van der Waals surface area (Å²) in [6.07, 6.45) is 2.38. The molecule has 1 fully saturated rings. The van der Waals surface area contributed by atoms with Crippen molar-refractivity contribution in [1.82, 2.24) is 9.80 Å². The van der Waals surface area contributed by atoms with Gasteiger partial charge in [-0.15, -0.1) is 0 Å². The Morgan fingerprint density at radius 1 is 1.04 bits per heavy atom. The van der Waals surface area contributed by atoms with Crippen molar-refractivity contribution in [3.63, 3.8) is 0 Å². The SMILES string of the molecule is COc1ccc(CCC(=O)N2CCCN(Cc3cccc(Br)c3)CC2)cc1. The summed E-state index contributed by atoms with van der Waals surface area (Å²) in [6, 6.07) is 16.4. The number of hydrogen-bond acceptors (Lipinski definition) is 3. The van der Waals surface area contributed by atoms with E-state index in [1.165, 1.54) is 11.1 Å². The summed E-state index contributed by atoms with van der Waals surface area (Å²) in [5.74, 6) is 1.11. The highest BCUT2D eigenvalue weighted by atomic mass is 79.9. The molecule has 0 aliphatic carbocycles. The van der Waals surface area contributed by atoms with E-state index in [9.17, 15) is 4.79 Å². The van der Waals surface area contributed by atoms with Gasteiger partial charge in [-0.3, -0.25) is 9.69 Å². The smallest absolute Gasteiger partial charge is 0.222 e. The predicted molar refractivity (Wildman–Crippen MR) is 112 cm³/mol. The number of nitrogens with zero attached hydrogens (tertiary/aromatic N) is 2. The van der Waals surface area contributed by atoms with Gasteiger partial charge in [0.1, 0.15) is 5.75 Å². The first-order valence-electron chi connectivity index (χ1n) is 9.51. The van der Waals surface area contributed by atoms with Gasteiger partial charge >= 0.3 is 0 Å². The van der Waals surface area contributed by atoms with E-state index in [0.29, 0.717) is 6.42 Å². The van der Waals surface area contributed by atoms with Crippen LogP contribution in [0, 0.1) is 0 Å². The van der Waals surface area contributed by atoms with Gasteiger partial charge in [-0.1, -0.05) is 40.2 Å². The number of hydrogen-bond donors (Lipinski definition) is 0. The second-order valence-corrected chi connectivity index (χ2v) is 7.90. The maximum absolute atomic E-state index is 12.6. The Morgan fingerprint density at radius 2 is 1.85 bits per heavy atom. The molecule has 0 atom stereocenters. The summed E-state index contributed by atoms with van der Waals surface area (Å²) in [6.45, 7) is 4.58. The van der Waals surface area contributed by atoms with Crippen LogP contribution in [0.15, 0.2) is 53.0 Å². The minimum absolute atomic E-state index is 0.259. The van der Waals surface area contributed by atoms with Gasteiger partial charge in [0.05, 0.1) is 7.11 Å². The monoisotopic (exact) mass is 430 g/mol. The van der Waals surface area contributed by atoms with Gasteiger partial charge in [-0.2, -0.15) is 0 Å². The molecule has 0 spiro atoms. The molecule has 0 aromatic heterocycles. The molecule has 0 radical (unpaired) electrons. The maximum atomic E-state index is 12.6. The van der Waals surface area contributed by atoms with Crippen LogP contribution in [0.3, 0.4) is 0 Å². The van der Waals surface area contributed by atoms with Gasteiger partial charge < -0.3 is 9.64 Å². The van der Waals surface area contributed by atoms with E-state index in [0.717, 1.165) is 55.8 Å². The van der Waals surface area contributed by atoms with E-state index < -0.39 is 0 Å². The van der Waals surface area contributed by atoms with Gasteiger partial charge in [-0.05, 0) is 48.2 Å². The summed E-state index contributed by atoms with van der Waals surface area (Å²) < 4.78 is 6.30. The topological polar surface area (TPSA) is 32.8 Å². The zero-order valence-corrected chi connectivity index (χ0v) is 17.5. The van der Waals surface area contributed by atoms with Crippen molar-refractivity contribution in [3.05, 3.63) is 64.1 Å². The fourth-order valence-corrected chi connectivity index (χ4v) is 3.92. The second-order valence-electron chi connectivity index (χ2n) is 6.99. The highest BCUT2D eigenvalue weighted by Gasteiger charge is 2.19. The fraction of sp³-hybridized carbons (Fsp3) is 0.409. The third-order valence-electron chi connectivity index (χ3n) is 5.02. The molecular weight excluding hydrogens is 404 g/mol. The van der Waals surface area contributed by atoms with E-state index in [-0.39, 0.29) is 5.91 Å². The molecule has 0 unspecified atom stereocenters. The number of carbonyl (C=O) groups excluding carboxylic acids is 1. The third kappa shape index (κ3) is 6.08. The van der Waals surface area contributed by atoms with Gasteiger partial charge in [0, 0.05) is 43.6 Å². The highest BCUT2D eigenvalue weighted by Crippen LogP contribution is 2.16. The number of amides is 1. The Labute approximate surface area is 170 Å². The Balaban J connectivity index is 1.47. The van der Waals surface area contributed by atoms with Crippen molar-refractivity contribution >= 4 is 21.8 Å². The molecule has 1 heterocycles. The molecule has 3 rings (SSSR count). The van der Waals surface area contributed by atoms with Crippen LogP contribution in [0.25, 0.3) is 0 Å². The number of methoxy groups -OCH3 is 1. The quantitative estimate of drug-likeness (QED) is 0.690. The molecule has 2 aromatic rings. The molecule has 4 nitrogen and oxygen atoms in total. The summed E-state index contributed by atoms with van der Waals surface area (Å²) in [5.41, 5.74) is 2.49. The van der Waals surface area contributed by atoms with Crippen LogP contribution < -0.4 is 4.74 Å². The minimum Gasteiger partial charge on any atom is -0.497 e. The number of halogens is 1. The molecule has 0 bridgehead atoms. The van der Waals surface area contributed by atoms with E-state index in [4.69, 9.17) is 4.74 Å². The Hall–Kier alpha value is -1.85. The lowest BCUT2D eigenvalue weighted by molar-refractivity contribution is -0.131. The zero-order chi connectivity index (χ0) is 19.1. The molecule has 27 heavy (non-hydrogen) atoms. The van der Waals surface area contributed by atoms with Crippen LogP contribution in [-0.4, -0.2) is 49.0 Å². The largest absolute Gasteiger partial charge is 0.497 e. The Kier molecular flexibility index (Phi) is 7.30. The number of aryl methyl sites for hydroxylation is 1. The number of rotatable bonds is 6. The first-order chi connectivity index (χ1) is 13.1. The van der Waals surface area contributed by atoms with Crippen LogP contribution in [0.5, 0.6) is 5.75 Å². The number of ether oxygens (including phenoxy) is 1. The third-order valence-corrected chi connectivity index (χ3v) is 5.52. The Bertz CT molecular complexity index is 748. The highest BCUT2D eigenvalue weighted by molar-refractivity contribution is 9.10. The van der Waals surface area contributed by atoms with Crippen LogP contribution >= 0.6 is 15.9 Å². The molecule has 5 heteroatoms. The second kappa shape index (κ2) is 9.90. The van der Waals surface area contributed by atoms with Crippen molar-refractivity contribution in [1.29, 1.82) is 0 Å². The maximum Gasteiger partial charge on any atom is 0.222 e. The van der Waals surface area contributed by atoms with Crippen molar-refractivity contribution in [2.75, 3.05) is 33.3 Å². The minimum atomic E-state index is 0.259. The lowest BCUT2D eigenvalue weighted by Crippen LogP contribution is -2.35. The fourth-order valence-electron chi connectivity index (χ4n) is 3.47. The van der Waals surface area contributed by atoms with Gasteiger partial charge in [0.25, 0.3) is 0 Å². The van der Waals surface area contributed by atoms with Gasteiger partial charge in [0.2, 0.25) is 5.91 Å². The molecule has 1 aliphatic rings. The van der Waals surface area contributed by atoms with Crippen molar-refractivity contribution in [2.24, 2.45) is 0 Å². The summed E-state index contributed by atoms with van der Waals surface area (Å²) in [4.78, 5) is 17.1. The average molecular weight is 431 g/mol. The van der Waals surface area contributed by atoms with Crippen LogP contribution in [0.4, 0.5) is 0 Å². The summed E-state index contributed by atoms with van der Waals surface area (Å²) in [7, 11) is 1.66. The predicted octanol–water partition coefficient (Wildman–Crippen LogP) is 4.12. The van der Waals surface area contributed by atoms with Crippen molar-refractivity contribution in [2.45, 2.75) is 25.8 Å². The van der Waals surface area contributed by atoms with Gasteiger partial charge in [0.15, 0.2) is 0 Å². The lowest BCUT2D eigenvalue weighted by atomic mass is 10.1. The molecule has 2 aromatic carbocycles. The number of carbonyl (C=O) groups is 1. The molecule has 1 saturated heterocycles. The molecular formula is C22H27BrN2O2. The van der Waals surface area contributed by atoms with Crippen LogP contribution in [0.1, 0.15) is 24.0 Å². The van der Waals surface area contributed by atoms with Gasteiger partial charge in [-0.25, -0.2) is 0 Å². The van der Waals surface area contributed by atoms with Crippen molar-refractivity contribution in [3.8, 4) is 5.75 Å². The molecule has 0 saturated carbocycles. The van der Waals surface area contributed by atoms with E-state index >= 15 is 0 Å². The van der Waals surface area contributed by atoms with E-state index in [1.54, 1.807) is 7.11 Å².